The second kappa shape index (κ2) is 6.38. The first-order valence-corrected chi connectivity index (χ1v) is 6.28. The Balaban J connectivity index is 2.17. The van der Waals surface area contributed by atoms with Crippen molar-refractivity contribution < 1.29 is 22.7 Å². The average Bonchev–Trinajstić information content (AvgIpc) is 2.48. The summed E-state index contributed by atoms with van der Waals surface area (Å²) in [4.78, 5) is 11.0. The van der Waals surface area contributed by atoms with Gasteiger partial charge < -0.3 is 10.1 Å². The van der Waals surface area contributed by atoms with Crippen LogP contribution in [0.5, 0.6) is 0 Å². The minimum atomic E-state index is -4.43. The third-order valence-corrected chi connectivity index (χ3v) is 2.83. The van der Waals surface area contributed by atoms with E-state index in [1.54, 1.807) is 24.3 Å². The largest absolute Gasteiger partial charge is 0.453 e. The molecular formula is C15H13F3N2O2. The molecule has 7 heteroatoms. The van der Waals surface area contributed by atoms with Gasteiger partial charge in [0.25, 0.3) is 0 Å². The number of alkyl halides is 3. The number of anilines is 3. The first-order valence-electron chi connectivity index (χ1n) is 6.28. The van der Waals surface area contributed by atoms with Gasteiger partial charge in [-0.15, -0.1) is 0 Å². The molecule has 0 radical (unpaired) electrons. The fraction of sp³-hybridized carbons (Fsp3) is 0.133. The predicted octanol–water partition coefficient (Wildman–Crippen LogP) is 4.63. The normalized spacial score (nSPS) is 10.9. The fourth-order valence-corrected chi connectivity index (χ4v) is 1.80. The van der Waals surface area contributed by atoms with Gasteiger partial charge in [0, 0.05) is 11.4 Å². The van der Waals surface area contributed by atoms with Gasteiger partial charge >= 0.3 is 12.3 Å². The SMILES string of the molecule is COC(=O)Nc1ccc(Nc2ccccc2C(F)(F)F)cc1. The number of carbonyl (C=O) groups excluding carboxylic acids is 1. The Kier molecular flexibility index (Phi) is 4.55. The molecular weight excluding hydrogens is 297 g/mol. The summed E-state index contributed by atoms with van der Waals surface area (Å²) in [7, 11) is 1.24. The highest BCUT2D eigenvalue weighted by molar-refractivity contribution is 5.84. The first kappa shape index (κ1) is 15.7. The number of nitrogens with one attached hydrogen (secondary N) is 2. The number of hydrogen-bond acceptors (Lipinski definition) is 3. The average molecular weight is 310 g/mol. The number of methoxy groups -OCH3 is 1. The molecule has 0 bridgehead atoms. The molecule has 0 unspecified atom stereocenters. The highest BCUT2D eigenvalue weighted by atomic mass is 19.4. The number of hydrogen-bond donors (Lipinski definition) is 2. The third-order valence-electron chi connectivity index (χ3n) is 2.83. The zero-order valence-corrected chi connectivity index (χ0v) is 11.6. The van der Waals surface area contributed by atoms with Gasteiger partial charge in [0.15, 0.2) is 0 Å². The lowest BCUT2D eigenvalue weighted by molar-refractivity contribution is -0.136. The molecule has 0 aliphatic carbocycles. The lowest BCUT2D eigenvalue weighted by atomic mass is 10.1. The molecule has 0 aromatic heterocycles. The standard InChI is InChI=1S/C15H13F3N2O2/c1-22-14(21)20-11-8-6-10(7-9-11)19-13-5-3-2-4-12(13)15(16,17)18/h2-9,19H,1H3,(H,20,21). The van der Waals surface area contributed by atoms with Gasteiger partial charge in [-0.1, -0.05) is 12.1 Å². The topological polar surface area (TPSA) is 50.4 Å². The van der Waals surface area contributed by atoms with Crippen LogP contribution in [-0.4, -0.2) is 13.2 Å². The van der Waals surface area contributed by atoms with Crippen molar-refractivity contribution in [1.82, 2.24) is 0 Å². The Morgan fingerprint density at radius 2 is 1.59 bits per heavy atom. The summed E-state index contributed by atoms with van der Waals surface area (Å²) in [6.07, 6.45) is -5.06. The van der Waals surface area contributed by atoms with E-state index in [-0.39, 0.29) is 5.69 Å². The summed E-state index contributed by atoms with van der Waals surface area (Å²) in [5.74, 6) is 0. The van der Waals surface area contributed by atoms with Gasteiger partial charge in [0.2, 0.25) is 0 Å². The zero-order chi connectivity index (χ0) is 16.2. The number of carbonyl (C=O) groups is 1. The van der Waals surface area contributed by atoms with Gasteiger partial charge in [-0.2, -0.15) is 13.2 Å². The van der Waals surface area contributed by atoms with Crippen molar-refractivity contribution >= 4 is 23.2 Å². The maximum absolute atomic E-state index is 12.9. The van der Waals surface area contributed by atoms with Gasteiger partial charge in [0.05, 0.1) is 18.4 Å². The van der Waals surface area contributed by atoms with Crippen LogP contribution < -0.4 is 10.6 Å². The summed E-state index contributed by atoms with van der Waals surface area (Å²) in [6.45, 7) is 0. The molecule has 116 valence electrons. The van der Waals surface area contributed by atoms with E-state index >= 15 is 0 Å². The molecule has 0 aliphatic heterocycles. The predicted molar refractivity (Wildman–Crippen MR) is 77.2 cm³/mol. The van der Waals surface area contributed by atoms with E-state index in [2.05, 4.69) is 15.4 Å². The molecule has 0 aliphatic rings. The molecule has 1 amide bonds. The van der Waals surface area contributed by atoms with Crippen LogP contribution >= 0.6 is 0 Å². The second-order valence-electron chi connectivity index (χ2n) is 4.36. The Bertz CT molecular complexity index is 655. The first-order chi connectivity index (χ1) is 10.4. The van der Waals surface area contributed by atoms with E-state index in [4.69, 9.17) is 0 Å². The molecule has 0 atom stereocenters. The van der Waals surface area contributed by atoms with Crippen molar-refractivity contribution in [2.45, 2.75) is 6.18 Å². The smallest absolute Gasteiger partial charge is 0.418 e. The molecule has 2 rings (SSSR count). The van der Waals surface area contributed by atoms with Crippen LogP contribution in [0.1, 0.15) is 5.56 Å². The monoisotopic (exact) mass is 310 g/mol. The Hall–Kier alpha value is -2.70. The Labute approximate surface area is 124 Å². The highest BCUT2D eigenvalue weighted by Gasteiger charge is 2.33. The van der Waals surface area contributed by atoms with Crippen molar-refractivity contribution in [1.29, 1.82) is 0 Å². The third kappa shape index (κ3) is 3.91. The number of amides is 1. The maximum Gasteiger partial charge on any atom is 0.418 e. The van der Waals surface area contributed by atoms with Crippen molar-refractivity contribution in [3.05, 3.63) is 54.1 Å². The van der Waals surface area contributed by atoms with E-state index in [0.29, 0.717) is 11.4 Å². The number of ether oxygens (including phenoxy) is 1. The van der Waals surface area contributed by atoms with Gasteiger partial charge in [0.1, 0.15) is 0 Å². The minimum Gasteiger partial charge on any atom is -0.453 e. The molecule has 4 nitrogen and oxygen atoms in total. The Morgan fingerprint density at radius 3 is 2.18 bits per heavy atom. The maximum atomic E-state index is 12.9. The summed E-state index contributed by atoms with van der Waals surface area (Å²) < 4.78 is 43.1. The quantitative estimate of drug-likeness (QED) is 0.869. The van der Waals surface area contributed by atoms with Crippen molar-refractivity contribution in [3.8, 4) is 0 Å². The van der Waals surface area contributed by atoms with Crippen LogP contribution in [-0.2, 0) is 10.9 Å². The molecule has 2 N–H and O–H groups in total. The molecule has 2 aromatic carbocycles. The number of rotatable bonds is 3. The zero-order valence-electron chi connectivity index (χ0n) is 11.6. The highest BCUT2D eigenvalue weighted by Crippen LogP contribution is 2.35. The van der Waals surface area contributed by atoms with Crippen molar-refractivity contribution in [3.63, 3.8) is 0 Å². The van der Waals surface area contributed by atoms with Crippen LogP contribution in [0.2, 0.25) is 0 Å². The van der Waals surface area contributed by atoms with Crippen LogP contribution in [0.25, 0.3) is 0 Å². The van der Waals surface area contributed by atoms with E-state index < -0.39 is 17.8 Å². The minimum absolute atomic E-state index is 0.0383. The summed E-state index contributed by atoms with van der Waals surface area (Å²) >= 11 is 0. The number of para-hydroxylation sites is 1. The van der Waals surface area contributed by atoms with E-state index in [0.717, 1.165) is 6.07 Å². The second-order valence-corrected chi connectivity index (χ2v) is 4.36. The van der Waals surface area contributed by atoms with Crippen LogP contribution in [0.15, 0.2) is 48.5 Å². The number of benzene rings is 2. The van der Waals surface area contributed by atoms with Crippen molar-refractivity contribution in [2.75, 3.05) is 17.7 Å². The number of halogens is 3. The van der Waals surface area contributed by atoms with E-state index in [9.17, 15) is 18.0 Å². The summed E-state index contributed by atoms with van der Waals surface area (Å²) in [5.41, 5.74) is 0.157. The molecule has 0 saturated carbocycles. The molecule has 0 spiro atoms. The van der Waals surface area contributed by atoms with E-state index in [1.807, 2.05) is 0 Å². The van der Waals surface area contributed by atoms with Gasteiger partial charge in [-0.3, -0.25) is 5.32 Å². The lowest BCUT2D eigenvalue weighted by Gasteiger charge is -2.14. The van der Waals surface area contributed by atoms with Gasteiger partial charge in [-0.25, -0.2) is 4.79 Å². The Morgan fingerprint density at radius 1 is 1.00 bits per heavy atom. The fourth-order valence-electron chi connectivity index (χ4n) is 1.80. The van der Waals surface area contributed by atoms with Crippen LogP contribution in [0.3, 0.4) is 0 Å². The summed E-state index contributed by atoms with van der Waals surface area (Å²) in [6, 6.07) is 11.4. The summed E-state index contributed by atoms with van der Waals surface area (Å²) in [5, 5.41) is 5.16. The molecule has 22 heavy (non-hydrogen) atoms. The van der Waals surface area contributed by atoms with Crippen molar-refractivity contribution in [2.24, 2.45) is 0 Å². The van der Waals surface area contributed by atoms with Crippen LogP contribution in [0, 0.1) is 0 Å². The van der Waals surface area contributed by atoms with E-state index in [1.165, 1.54) is 25.3 Å². The lowest BCUT2D eigenvalue weighted by Crippen LogP contribution is -2.11. The van der Waals surface area contributed by atoms with Gasteiger partial charge in [-0.05, 0) is 36.4 Å². The molecule has 0 fully saturated rings. The molecule has 0 saturated heterocycles. The molecule has 0 heterocycles. The molecule has 2 aromatic rings. The van der Waals surface area contributed by atoms with Crippen LogP contribution in [0.4, 0.5) is 35.0 Å².